The Morgan fingerprint density at radius 1 is 1.86 bits per heavy atom. The van der Waals surface area contributed by atoms with E-state index < -0.39 is 0 Å². The second kappa shape index (κ2) is 3.81. The van der Waals surface area contributed by atoms with Gasteiger partial charge in [-0.25, -0.2) is 0 Å². The van der Waals surface area contributed by atoms with Crippen molar-refractivity contribution < 1.29 is 9.53 Å². The molecular weight excluding hydrogens is 92.1 g/mol. The van der Waals surface area contributed by atoms with Gasteiger partial charge in [0.25, 0.3) is 0 Å². The van der Waals surface area contributed by atoms with E-state index in [0.717, 1.165) is 12.7 Å². The molecule has 0 amide bonds. The molecule has 0 aliphatic heterocycles. The molecule has 0 aliphatic carbocycles. The quantitative estimate of drug-likeness (QED) is 0.488. The highest BCUT2D eigenvalue weighted by atomic mass is 16.5. The largest absolute Gasteiger partial charge is 0.374 e. The van der Waals surface area contributed by atoms with Gasteiger partial charge in [0.05, 0.1) is 0 Å². The molecule has 0 saturated heterocycles. The van der Waals surface area contributed by atoms with Crippen LogP contribution in [-0.4, -0.2) is 19.5 Å². The standard InChI is InChI=1S/C5H10O2/c1-3-5(4-6)7-2/h4-5H,3H2,1-2H3/t5-/m0/s1. The highest BCUT2D eigenvalue weighted by molar-refractivity contribution is 5.55. The molecule has 0 spiro atoms. The molecule has 0 aliphatic rings. The predicted molar refractivity (Wildman–Crippen MR) is 27.2 cm³/mol. The second-order valence-corrected chi connectivity index (χ2v) is 1.32. The monoisotopic (exact) mass is 102 g/mol. The zero-order valence-corrected chi connectivity index (χ0v) is 4.68. The van der Waals surface area contributed by atoms with E-state index in [9.17, 15) is 4.79 Å². The molecule has 0 aromatic heterocycles. The third kappa shape index (κ3) is 2.34. The summed E-state index contributed by atoms with van der Waals surface area (Å²) >= 11 is 0. The Hall–Kier alpha value is -0.370. The minimum absolute atomic E-state index is 0.194. The molecular formula is C5H10O2. The highest BCUT2D eigenvalue weighted by Crippen LogP contribution is 1.88. The number of carbonyl (C=O) groups excluding carboxylic acids is 1. The van der Waals surface area contributed by atoms with Crippen molar-refractivity contribution >= 4 is 6.29 Å². The van der Waals surface area contributed by atoms with Gasteiger partial charge in [-0.15, -0.1) is 0 Å². The van der Waals surface area contributed by atoms with Crippen LogP contribution < -0.4 is 0 Å². The Morgan fingerprint density at radius 3 is 2.43 bits per heavy atom. The van der Waals surface area contributed by atoms with Gasteiger partial charge in [0.15, 0.2) is 0 Å². The summed E-state index contributed by atoms with van der Waals surface area (Å²) in [5.74, 6) is 0. The van der Waals surface area contributed by atoms with Crippen LogP contribution in [0.5, 0.6) is 0 Å². The van der Waals surface area contributed by atoms with Crippen LogP contribution in [0.1, 0.15) is 13.3 Å². The van der Waals surface area contributed by atoms with E-state index in [-0.39, 0.29) is 6.10 Å². The average Bonchev–Trinajstić information content (AvgIpc) is 1.72. The van der Waals surface area contributed by atoms with Gasteiger partial charge in [-0.05, 0) is 6.42 Å². The first-order chi connectivity index (χ1) is 3.35. The summed E-state index contributed by atoms with van der Waals surface area (Å²) in [5.41, 5.74) is 0. The third-order valence-electron chi connectivity index (χ3n) is 0.857. The third-order valence-corrected chi connectivity index (χ3v) is 0.857. The van der Waals surface area contributed by atoms with Gasteiger partial charge in [0, 0.05) is 7.11 Å². The minimum Gasteiger partial charge on any atom is -0.374 e. The lowest BCUT2D eigenvalue weighted by molar-refractivity contribution is -0.116. The first kappa shape index (κ1) is 6.63. The van der Waals surface area contributed by atoms with Crippen molar-refractivity contribution in [3.05, 3.63) is 0 Å². The molecule has 2 heteroatoms. The summed E-state index contributed by atoms with van der Waals surface area (Å²) in [6.45, 7) is 1.91. The predicted octanol–water partition coefficient (Wildman–Crippen LogP) is 0.610. The summed E-state index contributed by atoms with van der Waals surface area (Å²) in [7, 11) is 1.53. The van der Waals surface area contributed by atoms with E-state index in [1.54, 1.807) is 0 Å². The van der Waals surface area contributed by atoms with Gasteiger partial charge >= 0.3 is 0 Å². The Bertz CT molecular complexity index is 48.0. The number of methoxy groups -OCH3 is 1. The number of aldehydes is 1. The molecule has 1 atom stereocenters. The molecule has 0 N–H and O–H groups in total. The van der Waals surface area contributed by atoms with Gasteiger partial charge in [-0.1, -0.05) is 6.92 Å². The summed E-state index contributed by atoms with van der Waals surface area (Å²) in [6.07, 6.45) is 1.38. The van der Waals surface area contributed by atoms with Crippen LogP contribution >= 0.6 is 0 Å². The Kier molecular flexibility index (Phi) is 3.61. The Morgan fingerprint density at radius 2 is 2.43 bits per heavy atom. The fraction of sp³-hybridized carbons (Fsp3) is 0.800. The number of hydrogen-bond donors (Lipinski definition) is 0. The summed E-state index contributed by atoms with van der Waals surface area (Å²) < 4.78 is 4.68. The van der Waals surface area contributed by atoms with Gasteiger partial charge in [-0.3, -0.25) is 0 Å². The van der Waals surface area contributed by atoms with Crippen LogP contribution in [0.3, 0.4) is 0 Å². The van der Waals surface area contributed by atoms with Crippen molar-refractivity contribution in [1.82, 2.24) is 0 Å². The SMILES string of the molecule is CC[C@@H](C=O)OC. The Balaban J connectivity index is 3.16. The average molecular weight is 102 g/mol. The van der Waals surface area contributed by atoms with Crippen LogP contribution in [0.2, 0.25) is 0 Å². The number of carbonyl (C=O) groups is 1. The maximum Gasteiger partial charge on any atom is 0.148 e. The molecule has 2 nitrogen and oxygen atoms in total. The maximum atomic E-state index is 9.84. The van der Waals surface area contributed by atoms with Gasteiger partial charge < -0.3 is 9.53 Å². The van der Waals surface area contributed by atoms with Crippen LogP contribution in [0.15, 0.2) is 0 Å². The molecule has 42 valence electrons. The van der Waals surface area contributed by atoms with Crippen LogP contribution in [0.25, 0.3) is 0 Å². The molecule has 0 saturated carbocycles. The van der Waals surface area contributed by atoms with E-state index in [0.29, 0.717) is 0 Å². The topological polar surface area (TPSA) is 26.3 Å². The lowest BCUT2D eigenvalue weighted by atomic mass is 10.3. The Labute approximate surface area is 43.5 Å². The molecule has 0 radical (unpaired) electrons. The van der Waals surface area contributed by atoms with Crippen molar-refractivity contribution in [2.75, 3.05) is 7.11 Å². The molecule has 7 heavy (non-hydrogen) atoms. The fourth-order valence-electron chi connectivity index (χ4n) is 0.318. The van der Waals surface area contributed by atoms with E-state index in [4.69, 9.17) is 0 Å². The molecule has 0 heterocycles. The van der Waals surface area contributed by atoms with Crippen molar-refractivity contribution in [3.8, 4) is 0 Å². The van der Waals surface area contributed by atoms with Gasteiger partial charge in [0.1, 0.15) is 12.4 Å². The lowest BCUT2D eigenvalue weighted by Gasteiger charge is -2.00. The van der Waals surface area contributed by atoms with E-state index in [1.807, 2.05) is 6.92 Å². The molecule has 0 aromatic rings. The van der Waals surface area contributed by atoms with Crippen molar-refractivity contribution in [2.45, 2.75) is 19.4 Å². The van der Waals surface area contributed by atoms with Crippen LogP contribution in [0.4, 0.5) is 0 Å². The maximum absolute atomic E-state index is 9.84. The molecule has 0 unspecified atom stereocenters. The van der Waals surface area contributed by atoms with Crippen molar-refractivity contribution in [2.24, 2.45) is 0 Å². The van der Waals surface area contributed by atoms with Gasteiger partial charge in [0.2, 0.25) is 0 Å². The summed E-state index contributed by atoms with van der Waals surface area (Å²) in [4.78, 5) is 9.84. The number of ether oxygens (including phenoxy) is 1. The summed E-state index contributed by atoms with van der Waals surface area (Å²) in [6, 6.07) is 0. The van der Waals surface area contributed by atoms with Gasteiger partial charge in [-0.2, -0.15) is 0 Å². The zero-order chi connectivity index (χ0) is 5.70. The number of rotatable bonds is 3. The summed E-state index contributed by atoms with van der Waals surface area (Å²) in [5, 5.41) is 0. The highest BCUT2D eigenvalue weighted by Gasteiger charge is 1.96. The fourth-order valence-corrected chi connectivity index (χ4v) is 0.318. The minimum atomic E-state index is -0.194. The smallest absolute Gasteiger partial charge is 0.148 e. The van der Waals surface area contributed by atoms with E-state index in [1.165, 1.54) is 7.11 Å². The molecule has 0 fully saturated rings. The lowest BCUT2D eigenvalue weighted by Crippen LogP contribution is -2.08. The normalized spacial score (nSPS) is 13.4. The van der Waals surface area contributed by atoms with E-state index in [2.05, 4.69) is 4.74 Å². The van der Waals surface area contributed by atoms with Crippen LogP contribution in [0, 0.1) is 0 Å². The molecule has 0 aromatic carbocycles. The van der Waals surface area contributed by atoms with Crippen LogP contribution in [-0.2, 0) is 9.53 Å². The van der Waals surface area contributed by atoms with Crippen molar-refractivity contribution in [3.63, 3.8) is 0 Å². The number of hydrogen-bond acceptors (Lipinski definition) is 2. The van der Waals surface area contributed by atoms with Crippen molar-refractivity contribution in [1.29, 1.82) is 0 Å². The first-order valence-corrected chi connectivity index (χ1v) is 2.33. The second-order valence-electron chi connectivity index (χ2n) is 1.32. The van der Waals surface area contributed by atoms with E-state index >= 15 is 0 Å². The molecule has 0 rings (SSSR count). The zero-order valence-electron chi connectivity index (χ0n) is 4.68. The molecule has 0 bridgehead atoms. The first-order valence-electron chi connectivity index (χ1n) is 2.33.